The van der Waals surface area contributed by atoms with Crippen LogP contribution in [0.25, 0.3) is 66.5 Å². The minimum Gasteiger partial charge on any atom is -0.246 e. The molecular formula is C54H46N2. The van der Waals surface area contributed by atoms with Crippen LogP contribution < -0.4 is 0 Å². The van der Waals surface area contributed by atoms with Gasteiger partial charge in [0.15, 0.2) is 0 Å². The first-order valence-electron chi connectivity index (χ1n) is 20.6. The summed E-state index contributed by atoms with van der Waals surface area (Å²) in [5.41, 5.74) is 18.0. The molecule has 10 rings (SSSR count). The number of hydrogen-bond donors (Lipinski definition) is 0. The SMILES string of the molecule is C1=CCC(c2ccccc2)C(c2ccccc2-c2ccccc2-c2cc(C3=CCCC=C3)c3ccc4c(C5=CCCC=C5)cc(C5=CCCCC5)nc4c3n2)=C1. The molecule has 1 unspecified atom stereocenters. The third-order valence-electron chi connectivity index (χ3n) is 12.1. The number of aromatic nitrogens is 2. The van der Waals surface area contributed by atoms with Crippen LogP contribution in [0.2, 0.25) is 0 Å². The molecule has 4 aliphatic rings. The van der Waals surface area contributed by atoms with Gasteiger partial charge in [-0.3, -0.25) is 0 Å². The van der Waals surface area contributed by atoms with E-state index in [2.05, 4.69) is 164 Å². The summed E-state index contributed by atoms with van der Waals surface area (Å²) in [5.74, 6) is 0.291. The molecule has 4 aromatic carbocycles. The highest BCUT2D eigenvalue weighted by Gasteiger charge is 2.24. The molecule has 0 radical (unpaired) electrons. The molecule has 0 aliphatic heterocycles. The zero-order valence-corrected chi connectivity index (χ0v) is 31.9. The predicted molar refractivity (Wildman–Crippen MR) is 238 cm³/mol. The van der Waals surface area contributed by atoms with Crippen LogP contribution in [-0.2, 0) is 0 Å². The molecule has 2 heteroatoms. The standard InChI is InChI=1S/C54H46N2/c1-5-19-37(20-6-1)41-27-13-14-28-42(41)43-29-15-16-30-44(43)45-31-17-18-32-46(45)52-36-50(39-23-9-3-10-24-39)48-34-33-47-49(38-21-7-2-8-22-38)35-51(40-25-11-4-12-26-40)55-53(47)54(48)56-52/h1,5-7,9,13-25,28-36,41H,2-4,8,10-12,26-27H2. The summed E-state index contributed by atoms with van der Waals surface area (Å²) in [4.78, 5) is 11.3. The van der Waals surface area contributed by atoms with E-state index in [9.17, 15) is 0 Å². The van der Waals surface area contributed by atoms with Crippen molar-refractivity contribution in [3.63, 3.8) is 0 Å². The molecule has 0 amide bonds. The lowest BCUT2D eigenvalue weighted by Gasteiger charge is -2.25. The van der Waals surface area contributed by atoms with Gasteiger partial charge in [-0.15, -0.1) is 0 Å². The van der Waals surface area contributed by atoms with Crippen molar-refractivity contribution < 1.29 is 0 Å². The number of allylic oxidation sites excluding steroid dienone is 14. The Morgan fingerprint density at radius 1 is 0.482 bits per heavy atom. The molecular weight excluding hydrogens is 677 g/mol. The molecule has 2 aromatic heterocycles. The summed E-state index contributed by atoms with van der Waals surface area (Å²) < 4.78 is 0. The highest BCUT2D eigenvalue weighted by molar-refractivity contribution is 6.12. The molecule has 0 spiro atoms. The molecule has 4 aliphatic carbocycles. The van der Waals surface area contributed by atoms with Gasteiger partial charge in [0.25, 0.3) is 0 Å². The van der Waals surface area contributed by atoms with Gasteiger partial charge in [0, 0.05) is 22.3 Å². The van der Waals surface area contributed by atoms with Crippen LogP contribution >= 0.6 is 0 Å². The molecule has 0 saturated carbocycles. The van der Waals surface area contributed by atoms with E-state index in [0.29, 0.717) is 5.92 Å². The molecule has 0 N–H and O–H groups in total. The van der Waals surface area contributed by atoms with Crippen LogP contribution in [0.4, 0.5) is 0 Å². The lowest BCUT2D eigenvalue weighted by Crippen LogP contribution is -2.05. The Bertz CT molecular complexity index is 2710. The molecule has 0 fully saturated rings. The minimum absolute atomic E-state index is 0.291. The summed E-state index contributed by atoms with van der Waals surface area (Å²) >= 11 is 0. The fourth-order valence-electron chi connectivity index (χ4n) is 9.27. The third kappa shape index (κ3) is 6.43. The molecule has 0 saturated heterocycles. The van der Waals surface area contributed by atoms with Crippen LogP contribution in [0.5, 0.6) is 0 Å². The van der Waals surface area contributed by atoms with Crippen molar-refractivity contribution in [3.8, 4) is 22.4 Å². The molecule has 272 valence electrons. The van der Waals surface area contributed by atoms with Gasteiger partial charge in [0.1, 0.15) is 0 Å². The van der Waals surface area contributed by atoms with Crippen molar-refractivity contribution in [2.45, 2.75) is 63.7 Å². The summed E-state index contributed by atoms with van der Waals surface area (Å²) in [6.45, 7) is 0. The number of fused-ring (bicyclic) bond motifs is 3. The third-order valence-corrected chi connectivity index (χ3v) is 12.1. The van der Waals surface area contributed by atoms with Gasteiger partial charge in [-0.1, -0.05) is 152 Å². The van der Waals surface area contributed by atoms with Crippen LogP contribution in [0.15, 0.2) is 164 Å². The van der Waals surface area contributed by atoms with Gasteiger partial charge in [-0.05, 0) is 126 Å². The van der Waals surface area contributed by atoms with Crippen molar-refractivity contribution in [2.75, 3.05) is 0 Å². The zero-order valence-electron chi connectivity index (χ0n) is 31.9. The van der Waals surface area contributed by atoms with Crippen molar-refractivity contribution in [1.29, 1.82) is 0 Å². The number of benzene rings is 4. The second-order valence-electron chi connectivity index (χ2n) is 15.6. The fourth-order valence-corrected chi connectivity index (χ4v) is 9.27. The van der Waals surface area contributed by atoms with E-state index in [4.69, 9.17) is 9.97 Å². The predicted octanol–water partition coefficient (Wildman–Crippen LogP) is 14.7. The number of hydrogen-bond acceptors (Lipinski definition) is 2. The Labute approximate surface area is 330 Å². The van der Waals surface area contributed by atoms with Crippen molar-refractivity contribution >= 4 is 44.1 Å². The zero-order chi connectivity index (χ0) is 37.3. The second-order valence-corrected chi connectivity index (χ2v) is 15.6. The number of pyridine rings is 2. The fraction of sp³-hybridized carbons (Fsp3) is 0.185. The lowest BCUT2D eigenvalue weighted by atomic mass is 9.79. The van der Waals surface area contributed by atoms with Gasteiger partial charge in [0.2, 0.25) is 0 Å². The summed E-state index contributed by atoms with van der Waals surface area (Å²) in [7, 11) is 0. The second kappa shape index (κ2) is 15.2. The number of rotatable bonds is 7. The van der Waals surface area contributed by atoms with Crippen molar-refractivity contribution in [3.05, 3.63) is 192 Å². The molecule has 6 aromatic rings. The van der Waals surface area contributed by atoms with Crippen LogP contribution in [0, 0.1) is 0 Å². The van der Waals surface area contributed by atoms with E-state index in [0.717, 1.165) is 78.3 Å². The molecule has 56 heavy (non-hydrogen) atoms. The van der Waals surface area contributed by atoms with E-state index in [-0.39, 0.29) is 0 Å². The normalized spacial score (nSPS) is 18.1. The Morgan fingerprint density at radius 3 is 1.73 bits per heavy atom. The first kappa shape index (κ1) is 34.4. The maximum atomic E-state index is 5.70. The Kier molecular flexibility index (Phi) is 9.33. The average molecular weight is 723 g/mol. The Morgan fingerprint density at radius 2 is 1.09 bits per heavy atom. The van der Waals surface area contributed by atoms with Gasteiger partial charge < -0.3 is 0 Å². The molecule has 2 heterocycles. The molecule has 0 bridgehead atoms. The van der Waals surface area contributed by atoms with E-state index in [1.807, 2.05) is 0 Å². The summed E-state index contributed by atoms with van der Waals surface area (Å²) in [5, 5.41) is 2.32. The van der Waals surface area contributed by atoms with E-state index < -0.39 is 0 Å². The Hall–Kier alpha value is -6.12. The van der Waals surface area contributed by atoms with Gasteiger partial charge >= 0.3 is 0 Å². The van der Waals surface area contributed by atoms with Crippen LogP contribution in [0.3, 0.4) is 0 Å². The summed E-state index contributed by atoms with van der Waals surface area (Å²) in [6, 6.07) is 38.1. The first-order valence-corrected chi connectivity index (χ1v) is 20.6. The maximum absolute atomic E-state index is 5.70. The van der Waals surface area contributed by atoms with Crippen LogP contribution in [-0.4, -0.2) is 9.97 Å². The van der Waals surface area contributed by atoms with Gasteiger partial charge in [0.05, 0.1) is 22.4 Å². The first-order chi connectivity index (χ1) is 27.8. The largest absolute Gasteiger partial charge is 0.246 e. The highest BCUT2D eigenvalue weighted by Crippen LogP contribution is 2.45. The molecule has 1 atom stereocenters. The average Bonchev–Trinajstić information content (AvgIpc) is 3.29. The number of nitrogens with zero attached hydrogens (tertiary/aromatic N) is 2. The lowest BCUT2D eigenvalue weighted by molar-refractivity contribution is 0.740. The van der Waals surface area contributed by atoms with Gasteiger partial charge in [-0.2, -0.15) is 0 Å². The Balaban J connectivity index is 1.21. The smallest absolute Gasteiger partial charge is 0.0978 e. The van der Waals surface area contributed by atoms with Crippen molar-refractivity contribution in [2.24, 2.45) is 0 Å². The van der Waals surface area contributed by atoms with Gasteiger partial charge in [-0.25, -0.2) is 9.97 Å². The maximum Gasteiger partial charge on any atom is 0.0978 e. The quantitative estimate of drug-likeness (QED) is 0.153. The van der Waals surface area contributed by atoms with E-state index in [1.165, 1.54) is 73.9 Å². The minimum atomic E-state index is 0.291. The van der Waals surface area contributed by atoms with Crippen molar-refractivity contribution in [1.82, 2.24) is 9.97 Å². The van der Waals surface area contributed by atoms with Crippen LogP contribution in [0.1, 0.15) is 91.7 Å². The topological polar surface area (TPSA) is 25.8 Å². The summed E-state index contributed by atoms with van der Waals surface area (Å²) in [6.07, 6.45) is 33.2. The highest BCUT2D eigenvalue weighted by atomic mass is 14.8. The molecule has 2 nitrogen and oxygen atoms in total. The van der Waals surface area contributed by atoms with E-state index >= 15 is 0 Å². The van der Waals surface area contributed by atoms with E-state index in [1.54, 1.807) is 0 Å². The monoisotopic (exact) mass is 722 g/mol.